The second-order valence-corrected chi connectivity index (χ2v) is 5.95. The van der Waals surface area contributed by atoms with Crippen LogP contribution in [0.4, 0.5) is 0 Å². The standard InChI is InChI=1S/C17H27N3O/c1-3-20(12-15-7-5-4-6-14(15)2)17(21)13-19-10-8-16(18)9-11-19/h4-7,16H,3,8-13,18H2,1-2H3. The summed E-state index contributed by atoms with van der Waals surface area (Å²) in [6, 6.07) is 8.58. The lowest BCUT2D eigenvalue weighted by molar-refractivity contribution is -0.133. The van der Waals surface area contributed by atoms with Crippen LogP contribution in [-0.4, -0.2) is 47.9 Å². The summed E-state index contributed by atoms with van der Waals surface area (Å²) in [5, 5.41) is 0. The average Bonchev–Trinajstić information content (AvgIpc) is 2.48. The second kappa shape index (κ2) is 7.57. The Balaban J connectivity index is 1.91. The second-order valence-electron chi connectivity index (χ2n) is 5.95. The van der Waals surface area contributed by atoms with Crippen LogP contribution in [0.25, 0.3) is 0 Å². The number of nitrogens with zero attached hydrogens (tertiary/aromatic N) is 2. The van der Waals surface area contributed by atoms with Gasteiger partial charge in [-0.15, -0.1) is 0 Å². The number of amides is 1. The van der Waals surface area contributed by atoms with E-state index in [9.17, 15) is 4.79 Å². The van der Waals surface area contributed by atoms with Crippen molar-refractivity contribution in [1.82, 2.24) is 9.80 Å². The molecule has 0 aliphatic carbocycles. The van der Waals surface area contributed by atoms with Crippen LogP contribution in [-0.2, 0) is 11.3 Å². The van der Waals surface area contributed by atoms with Crippen LogP contribution in [0.15, 0.2) is 24.3 Å². The minimum atomic E-state index is 0.219. The van der Waals surface area contributed by atoms with Crippen LogP contribution < -0.4 is 5.73 Å². The molecule has 2 N–H and O–H groups in total. The molecular formula is C17H27N3O. The Kier molecular flexibility index (Phi) is 5.76. The van der Waals surface area contributed by atoms with E-state index in [1.807, 2.05) is 24.0 Å². The van der Waals surface area contributed by atoms with Gasteiger partial charge in [0, 0.05) is 32.2 Å². The number of aryl methyl sites for hydroxylation is 1. The van der Waals surface area contributed by atoms with Crippen molar-refractivity contribution in [3.8, 4) is 0 Å². The Bertz CT molecular complexity index is 467. The first-order valence-electron chi connectivity index (χ1n) is 7.90. The van der Waals surface area contributed by atoms with E-state index in [1.54, 1.807) is 0 Å². The molecule has 1 aromatic rings. The molecule has 0 aromatic heterocycles. The predicted octanol–water partition coefficient (Wildman–Crippen LogP) is 1.77. The number of nitrogens with two attached hydrogens (primary N) is 1. The van der Waals surface area contributed by atoms with Crippen LogP contribution in [0.2, 0.25) is 0 Å². The van der Waals surface area contributed by atoms with E-state index in [1.165, 1.54) is 11.1 Å². The smallest absolute Gasteiger partial charge is 0.237 e. The van der Waals surface area contributed by atoms with Crippen molar-refractivity contribution >= 4 is 5.91 Å². The third kappa shape index (κ3) is 4.55. The quantitative estimate of drug-likeness (QED) is 0.898. The van der Waals surface area contributed by atoms with Gasteiger partial charge in [0.05, 0.1) is 6.54 Å². The molecule has 0 saturated carbocycles. The van der Waals surface area contributed by atoms with Crippen molar-refractivity contribution in [3.05, 3.63) is 35.4 Å². The van der Waals surface area contributed by atoms with Crippen molar-refractivity contribution < 1.29 is 4.79 Å². The molecule has 1 aliphatic rings. The molecule has 0 spiro atoms. The minimum absolute atomic E-state index is 0.219. The fraction of sp³-hybridized carbons (Fsp3) is 0.588. The summed E-state index contributed by atoms with van der Waals surface area (Å²) in [4.78, 5) is 16.7. The SMILES string of the molecule is CCN(Cc1ccccc1C)C(=O)CN1CCC(N)CC1. The largest absolute Gasteiger partial charge is 0.338 e. The molecule has 4 nitrogen and oxygen atoms in total. The number of benzene rings is 1. The van der Waals surface area contributed by atoms with E-state index in [0.29, 0.717) is 19.1 Å². The molecule has 0 bridgehead atoms. The average molecular weight is 289 g/mol. The molecule has 0 unspecified atom stereocenters. The van der Waals surface area contributed by atoms with Crippen LogP contribution in [0.1, 0.15) is 30.9 Å². The van der Waals surface area contributed by atoms with Crippen LogP contribution in [0.3, 0.4) is 0 Å². The summed E-state index contributed by atoms with van der Waals surface area (Å²) in [5.41, 5.74) is 8.38. The minimum Gasteiger partial charge on any atom is -0.338 e. The lowest BCUT2D eigenvalue weighted by Gasteiger charge is -2.31. The molecule has 0 atom stereocenters. The highest BCUT2D eigenvalue weighted by Crippen LogP contribution is 2.12. The first-order chi connectivity index (χ1) is 10.1. The number of hydrogen-bond acceptors (Lipinski definition) is 3. The maximum Gasteiger partial charge on any atom is 0.237 e. The normalized spacial score (nSPS) is 16.9. The molecule has 1 heterocycles. The summed E-state index contributed by atoms with van der Waals surface area (Å²) >= 11 is 0. The van der Waals surface area contributed by atoms with E-state index in [4.69, 9.17) is 5.73 Å². The summed E-state index contributed by atoms with van der Waals surface area (Å²) < 4.78 is 0. The summed E-state index contributed by atoms with van der Waals surface area (Å²) in [6.07, 6.45) is 1.99. The molecular weight excluding hydrogens is 262 g/mol. The highest BCUT2D eigenvalue weighted by Gasteiger charge is 2.21. The molecule has 1 amide bonds. The van der Waals surface area contributed by atoms with Gasteiger partial charge in [-0.1, -0.05) is 24.3 Å². The van der Waals surface area contributed by atoms with Gasteiger partial charge in [0.25, 0.3) is 0 Å². The maximum absolute atomic E-state index is 12.5. The van der Waals surface area contributed by atoms with Gasteiger partial charge >= 0.3 is 0 Å². The summed E-state index contributed by atoms with van der Waals surface area (Å²) in [5.74, 6) is 0.219. The highest BCUT2D eigenvalue weighted by atomic mass is 16.2. The summed E-state index contributed by atoms with van der Waals surface area (Å²) in [7, 11) is 0. The van der Waals surface area contributed by atoms with Crippen LogP contribution >= 0.6 is 0 Å². The Morgan fingerprint density at radius 2 is 2.00 bits per heavy atom. The van der Waals surface area contributed by atoms with Gasteiger partial charge in [-0.2, -0.15) is 0 Å². The molecule has 1 aromatic carbocycles. The van der Waals surface area contributed by atoms with Crippen molar-refractivity contribution in [1.29, 1.82) is 0 Å². The van der Waals surface area contributed by atoms with Crippen molar-refractivity contribution in [2.24, 2.45) is 5.73 Å². The number of hydrogen-bond donors (Lipinski definition) is 1. The zero-order valence-corrected chi connectivity index (χ0v) is 13.2. The molecule has 21 heavy (non-hydrogen) atoms. The van der Waals surface area contributed by atoms with Gasteiger partial charge in [-0.3, -0.25) is 9.69 Å². The Morgan fingerprint density at radius 3 is 2.62 bits per heavy atom. The number of carbonyl (C=O) groups is 1. The lowest BCUT2D eigenvalue weighted by atomic mass is 10.1. The third-order valence-corrected chi connectivity index (χ3v) is 4.35. The number of likely N-dealkylation sites (N-methyl/N-ethyl adjacent to an activating group) is 1. The topological polar surface area (TPSA) is 49.6 Å². The molecule has 0 radical (unpaired) electrons. The van der Waals surface area contributed by atoms with Gasteiger partial charge < -0.3 is 10.6 Å². The fourth-order valence-corrected chi connectivity index (χ4v) is 2.77. The molecule has 1 aliphatic heterocycles. The van der Waals surface area contributed by atoms with Crippen LogP contribution in [0.5, 0.6) is 0 Å². The van der Waals surface area contributed by atoms with Gasteiger partial charge in [-0.25, -0.2) is 0 Å². The number of likely N-dealkylation sites (tertiary alicyclic amines) is 1. The highest BCUT2D eigenvalue weighted by molar-refractivity contribution is 5.78. The number of rotatable bonds is 5. The third-order valence-electron chi connectivity index (χ3n) is 4.35. The monoisotopic (exact) mass is 289 g/mol. The van der Waals surface area contributed by atoms with E-state index < -0.39 is 0 Å². The van der Waals surface area contributed by atoms with E-state index in [2.05, 4.69) is 24.0 Å². The van der Waals surface area contributed by atoms with E-state index >= 15 is 0 Å². The fourth-order valence-electron chi connectivity index (χ4n) is 2.77. The van der Waals surface area contributed by atoms with Gasteiger partial charge in [0.2, 0.25) is 5.91 Å². The molecule has 1 fully saturated rings. The Hall–Kier alpha value is -1.39. The van der Waals surface area contributed by atoms with Gasteiger partial charge in [0.15, 0.2) is 0 Å². The maximum atomic E-state index is 12.5. The van der Waals surface area contributed by atoms with Crippen molar-refractivity contribution in [3.63, 3.8) is 0 Å². The lowest BCUT2D eigenvalue weighted by Crippen LogP contribution is -2.45. The first-order valence-corrected chi connectivity index (χ1v) is 7.90. The zero-order chi connectivity index (χ0) is 15.2. The summed E-state index contributed by atoms with van der Waals surface area (Å²) in [6.45, 7) is 7.99. The molecule has 1 saturated heterocycles. The zero-order valence-electron chi connectivity index (χ0n) is 13.2. The van der Waals surface area contributed by atoms with Crippen molar-refractivity contribution in [2.75, 3.05) is 26.2 Å². The Labute approximate surface area is 127 Å². The van der Waals surface area contributed by atoms with Crippen molar-refractivity contribution in [2.45, 2.75) is 39.3 Å². The van der Waals surface area contributed by atoms with Gasteiger partial charge in [0.1, 0.15) is 0 Å². The molecule has 2 rings (SSSR count). The van der Waals surface area contributed by atoms with E-state index in [-0.39, 0.29) is 5.91 Å². The molecule has 116 valence electrons. The number of carbonyl (C=O) groups excluding carboxylic acids is 1. The Morgan fingerprint density at radius 1 is 1.33 bits per heavy atom. The van der Waals surface area contributed by atoms with Crippen LogP contribution in [0, 0.1) is 6.92 Å². The number of piperidine rings is 1. The molecule has 4 heteroatoms. The predicted molar refractivity (Wildman–Crippen MR) is 85.9 cm³/mol. The van der Waals surface area contributed by atoms with Gasteiger partial charge in [-0.05, 0) is 37.8 Å². The van der Waals surface area contributed by atoms with E-state index in [0.717, 1.165) is 32.5 Å². The first kappa shape index (κ1) is 16.0.